The largest absolute Gasteiger partial charge is 0.493 e. The summed E-state index contributed by atoms with van der Waals surface area (Å²) in [5, 5.41) is 2.73. The number of benzene rings is 2. The van der Waals surface area contributed by atoms with Gasteiger partial charge in [0.15, 0.2) is 5.54 Å². The van der Waals surface area contributed by atoms with Crippen LogP contribution >= 0.6 is 0 Å². The zero-order valence-corrected chi connectivity index (χ0v) is 15.6. The molecule has 1 atom stereocenters. The number of amides is 3. The number of urea groups is 1. The molecule has 0 bridgehead atoms. The van der Waals surface area contributed by atoms with Gasteiger partial charge in [0.25, 0.3) is 5.91 Å². The first kappa shape index (κ1) is 18.3. The first-order valence-corrected chi connectivity index (χ1v) is 10.3. The van der Waals surface area contributed by atoms with Crippen molar-refractivity contribution in [2.24, 2.45) is 0 Å². The molecule has 1 saturated heterocycles. The minimum Gasteiger partial charge on any atom is -0.493 e. The summed E-state index contributed by atoms with van der Waals surface area (Å²) in [6.45, 7) is -0.0309. The molecule has 0 saturated carbocycles. The van der Waals surface area contributed by atoms with Crippen molar-refractivity contribution < 1.29 is 26.9 Å². The van der Waals surface area contributed by atoms with Crippen LogP contribution in [0.4, 0.5) is 4.79 Å². The zero-order chi connectivity index (χ0) is 19.8. The number of hydrogen-bond acceptors (Lipinski definition) is 6. The Balaban J connectivity index is 1.51. The number of para-hydroxylation sites is 2. The summed E-state index contributed by atoms with van der Waals surface area (Å²) < 4.78 is 35.0. The fourth-order valence-corrected chi connectivity index (χ4v) is 4.34. The lowest BCUT2D eigenvalue weighted by Crippen LogP contribution is -2.47. The average molecular weight is 402 g/mol. The minimum absolute atomic E-state index is 0.175. The topological polar surface area (TPSA) is 102 Å². The number of hydrogen-bond donors (Lipinski definition) is 1. The maximum atomic E-state index is 13.1. The predicted octanol–water partition coefficient (Wildman–Crippen LogP) is 1.62. The molecule has 28 heavy (non-hydrogen) atoms. The number of fused-ring (bicyclic) bond motifs is 2. The smallest absolute Gasteiger partial charge is 0.325 e. The van der Waals surface area contributed by atoms with Crippen molar-refractivity contribution >= 4 is 22.1 Å². The van der Waals surface area contributed by atoms with Crippen molar-refractivity contribution in [2.45, 2.75) is 12.0 Å². The summed E-state index contributed by atoms with van der Waals surface area (Å²) in [4.78, 5) is 26.5. The fraction of sp³-hybridized carbons (Fsp3) is 0.263. The van der Waals surface area contributed by atoms with E-state index >= 15 is 0 Å². The van der Waals surface area contributed by atoms with Crippen molar-refractivity contribution in [3.05, 3.63) is 60.2 Å². The van der Waals surface area contributed by atoms with E-state index in [0.717, 1.165) is 4.90 Å². The number of nitrogens with one attached hydrogen (secondary N) is 1. The summed E-state index contributed by atoms with van der Waals surface area (Å²) in [7, 11) is -3.97. The van der Waals surface area contributed by atoms with Gasteiger partial charge in [-0.1, -0.05) is 36.4 Å². The number of rotatable bonds is 5. The van der Waals surface area contributed by atoms with Crippen LogP contribution in [0.1, 0.15) is 12.0 Å². The van der Waals surface area contributed by atoms with Crippen LogP contribution in [0.25, 0.3) is 0 Å². The van der Waals surface area contributed by atoms with Crippen LogP contribution in [0, 0.1) is 0 Å². The molecule has 3 amide bonds. The molecule has 2 aromatic carbocycles. The van der Waals surface area contributed by atoms with E-state index in [1.54, 1.807) is 42.5 Å². The maximum Gasteiger partial charge on any atom is 0.325 e. The Hall–Kier alpha value is -3.07. The first-order chi connectivity index (χ1) is 13.4. The monoisotopic (exact) mass is 402 g/mol. The molecule has 0 aliphatic carbocycles. The highest BCUT2D eigenvalue weighted by atomic mass is 32.2. The lowest BCUT2D eigenvalue weighted by Gasteiger charge is -2.33. The van der Waals surface area contributed by atoms with Crippen LogP contribution in [0.2, 0.25) is 0 Å². The minimum atomic E-state index is -3.97. The molecule has 2 heterocycles. The molecule has 0 radical (unpaired) electrons. The van der Waals surface area contributed by atoms with Gasteiger partial charge in [0, 0.05) is 18.5 Å². The third kappa shape index (κ3) is 3.18. The van der Waals surface area contributed by atoms with Gasteiger partial charge < -0.3 is 14.2 Å². The molecule has 2 aliphatic heterocycles. The summed E-state index contributed by atoms with van der Waals surface area (Å²) in [5.74, 6) is -0.281. The van der Waals surface area contributed by atoms with Crippen molar-refractivity contribution in [1.82, 2.24) is 10.2 Å². The molecule has 8 nitrogen and oxygen atoms in total. The lowest BCUT2D eigenvalue weighted by molar-refractivity contribution is -0.132. The second kappa shape index (κ2) is 6.83. The predicted molar refractivity (Wildman–Crippen MR) is 99.3 cm³/mol. The Morgan fingerprint density at radius 2 is 1.79 bits per heavy atom. The van der Waals surface area contributed by atoms with E-state index in [1.165, 1.54) is 12.1 Å². The van der Waals surface area contributed by atoms with Gasteiger partial charge >= 0.3 is 16.1 Å². The molecule has 2 aromatic rings. The Morgan fingerprint density at radius 3 is 2.57 bits per heavy atom. The summed E-state index contributed by atoms with van der Waals surface area (Å²) >= 11 is 0. The third-order valence-electron chi connectivity index (χ3n) is 4.79. The number of imide groups is 1. The second-order valence-corrected chi connectivity index (χ2v) is 8.24. The highest BCUT2D eigenvalue weighted by molar-refractivity contribution is 7.87. The van der Waals surface area contributed by atoms with Crippen LogP contribution in [0.3, 0.4) is 0 Å². The number of carbonyl (C=O) groups excluding carboxylic acids is 2. The summed E-state index contributed by atoms with van der Waals surface area (Å²) in [6, 6.07) is 14.4. The van der Waals surface area contributed by atoms with Crippen molar-refractivity contribution in [3.63, 3.8) is 0 Å². The van der Waals surface area contributed by atoms with Crippen LogP contribution < -0.4 is 14.2 Å². The Kier molecular flexibility index (Phi) is 4.46. The normalized spacial score (nSPS) is 21.2. The van der Waals surface area contributed by atoms with Crippen molar-refractivity contribution in [1.29, 1.82) is 0 Å². The molecule has 1 fully saturated rings. The average Bonchev–Trinajstić information content (AvgIpc) is 2.91. The van der Waals surface area contributed by atoms with E-state index in [4.69, 9.17) is 8.92 Å². The van der Waals surface area contributed by atoms with Gasteiger partial charge in [0.2, 0.25) is 0 Å². The van der Waals surface area contributed by atoms with Gasteiger partial charge in [0.05, 0.1) is 6.61 Å². The van der Waals surface area contributed by atoms with Gasteiger partial charge in [-0.05, 0) is 18.2 Å². The second-order valence-electron chi connectivity index (χ2n) is 6.55. The molecule has 9 heteroatoms. The van der Waals surface area contributed by atoms with Gasteiger partial charge in [-0.3, -0.25) is 9.69 Å². The van der Waals surface area contributed by atoms with Gasteiger partial charge in [-0.2, -0.15) is 8.42 Å². The molecule has 1 N–H and O–H groups in total. The molecular weight excluding hydrogens is 384 g/mol. The Bertz CT molecular complexity index is 1020. The SMILES string of the molecule is O=C1NC2(CCOc3ccccc32)C(=O)N1CCS(=O)(=O)Oc1ccccc1. The number of carbonyl (C=O) groups is 2. The van der Waals surface area contributed by atoms with Crippen LogP contribution in [-0.4, -0.2) is 44.2 Å². The van der Waals surface area contributed by atoms with E-state index < -0.39 is 33.3 Å². The van der Waals surface area contributed by atoms with E-state index in [0.29, 0.717) is 11.3 Å². The highest BCUT2D eigenvalue weighted by Crippen LogP contribution is 2.40. The van der Waals surface area contributed by atoms with Gasteiger partial charge in [0.1, 0.15) is 17.3 Å². The number of ether oxygens (including phenoxy) is 1. The fourth-order valence-electron chi connectivity index (χ4n) is 3.44. The van der Waals surface area contributed by atoms with Crippen LogP contribution in [-0.2, 0) is 20.5 Å². The Morgan fingerprint density at radius 1 is 1.07 bits per heavy atom. The molecular formula is C19H18N2O6S. The zero-order valence-electron chi connectivity index (χ0n) is 14.8. The lowest BCUT2D eigenvalue weighted by atomic mass is 9.84. The van der Waals surface area contributed by atoms with Gasteiger partial charge in [-0.15, -0.1) is 0 Å². The maximum absolute atomic E-state index is 13.1. The van der Waals surface area contributed by atoms with Gasteiger partial charge in [-0.25, -0.2) is 4.79 Å². The summed E-state index contributed by atoms with van der Waals surface area (Å²) in [5.41, 5.74) is -0.652. The van der Waals surface area contributed by atoms with E-state index in [-0.39, 0.29) is 25.3 Å². The summed E-state index contributed by atoms with van der Waals surface area (Å²) in [6.07, 6.45) is 0.276. The molecule has 0 aromatic heterocycles. The van der Waals surface area contributed by atoms with E-state index in [2.05, 4.69) is 5.32 Å². The molecule has 4 rings (SSSR count). The van der Waals surface area contributed by atoms with Crippen molar-refractivity contribution in [3.8, 4) is 11.5 Å². The molecule has 146 valence electrons. The van der Waals surface area contributed by atoms with E-state index in [1.807, 2.05) is 0 Å². The molecule has 1 spiro atoms. The first-order valence-electron chi connectivity index (χ1n) is 8.75. The highest BCUT2D eigenvalue weighted by Gasteiger charge is 2.54. The number of nitrogens with zero attached hydrogens (tertiary/aromatic N) is 1. The van der Waals surface area contributed by atoms with Crippen LogP contribution in [0.15, 0.2) is 54.6 Å². The van der Waals surface area contributed by atoms with Crippen molar-refractivity contribution in [2.75, 3.05) is 18.9 Å². The molecule has 1 unspecified atom stereocenters. The standard InChI is InChI=1S/C19H18N2O6S/c22-17-19(10-12-26-16-9-5-4-8-15(16)19)20-18(23)21(17)11-13-28(24,25)27-14-6-2-1-3-7-14/h1-9H,10-13H2,(H,20,23). The third-order valence-corrected chi connectivity index (χ3v) is 5.92. The van der Waals surface area contributed by atoms with E-state index in [9.17, 15) is 18.0 Å². The Labute approximate surface area is 162 Å². The quantitative estimate of drug-likeness (QED) is 0.602. The molecule has 2 aliphatic rings. The van der Waals surface area contributed by atoms with Crippen LogP contribution in [0.5, 0.6) is 11.5 Å².